The highest BCUT2D eigenvalue weighted by molar-refractivity contribution is 5.94. The quantitative estimate of drug-likeness (QED) is 0.0483. The van der Waals surface area contributed by atoms with Crippen molar-refractivity contribution in [1.29, 1.82) is 0 Å². The minimum Gasteiger partial charge on any atom is -0.508 e. The third-order valence-corrected chi connectivity index (χ3v) is 8.50. The van der Waals surface area contributed by atoms with E-state index in [4.69, 9.17) is 40.9 Å². The molecule has 0 unspecified atom stereocenters. The Morgan fingerprint density at radius 3 is 1.14 bits per heavy atom. The number of aromatic carboxylic acids is 6. The molecule has 0 spiro atoms. The normalized spacial score (nSPS) is 9.52. The van der Waals surface area contributed by atoms with Crippen molar-refractivity contribution in [3.63, 3.8) is 0 Å². The topological polar surface area (TPSA) is 434 Å². The number of carboxylic acid groups (broad SMARTS) is 6. The van der Waals surface area contributed by atoms with Gasteiger partial charge in [0, 0.05) is 24.3 Å². The Hall–Kier alpha value is -10.5. The summed E-state index contributed by atoms with van der Waals surface area (Å²) in [4.78, 5) is 91.2. The average Bonchev–Trinajstić information content (AvgIpc) is 3.29. The van der Waals surface area contributed by atoms with Crippen LogP contribution in [0.5, 0.6) is 23.0 Å². The highest BCUT2D eigenvalue weighted by Gasteiger charge is 2.23. The van der Waals surface area contributed by atoms with Gasteiger partial charge in [-0.1, -0.05) is 35.9 Å². The van der Waals surface area contributed by atoms with Gasteiger partial charge in [-0.3, -0.25) is 30.3 Å². The molecular formula is C46H41N3O22. The molecule has 0 atom stereocenters. The van der Waals surface area contributed by atoms with Gasteiger partial charge in [0.05, 0.1) is 31.5 Å². The van der Waals surface area contributed by atoms with E-state index >= 15 is 0 Å². The van der Waals surface area contributed by atoms with Crippen molar-refractivity contribution in [1.82, 2.24) is 0 Å². The van der Waals surface area contributed by atoms with Crippen LogP contribution in [0.3, 0.4) is 0 Å². The predicted octanol–water partition coefficient (Wildman–Crippen LogP) is 8.09. The van der Waals surface area contributed by atoms with Crippen molar-refractivity contribution in [3.05, 3.63) is 201 Å². The lowest BCUT2D eigenvalue weighted by Crippen LogP contribution is -2.00. The second kappa shape index (κ2) is 27.2. The van der Waals surface area contributed by atoms with Crippen molar-refractivity contribution in [2.45, 2.75) is 27.7 Å². The zero-order valence-corrected chi connectivity index (χ0v) is 37.2. The molecule has 0 amide bonds. The third kappa shape index (κ3) is 19.1. The fourth-order valence-corrected chi connectivity index (χ4v) is 5.02. The number of phenols is 4. The van der Waals surface area contributed by atoms with Crippen molar-refractivity contribution >= 4 is 52.9 Å². The number of nitrogens with zero attached hydrogens (tertiary/aromatic N) is 3. The SMILES string of the molecule is Cc1cc(C(=O)O)c(O)c([N+](=O)[O-])c1.Cc1cc(C(=O)O)c(O)c([N+](=O)[O-])c1.Cc1cc(C(=O)O)ccc1O.Cc1ccc(C(=O)O)cc1.O=C(O)c1cccc([N+](=O)[O-])c1.O=C(O)c1ccccc1O. The summed E-state index contributed by atoms with van der Waals surface area (Å²) in [5.41, 5.74) is 0.527. The number of carboxylic acids is 6. The standard InChI is InChI=1S/2C8H7NO5.C8H8O3.C8H8O2.C7H5NO4.C7H6O3/c2*1-4-2-5(8(11)12)7(10)6(3-4)9(13)14;1-5-4-6(8(10)11)2-3-7(5)9;1-6-2-4-7(5-3-6)8(9)10;9-7(10)5-2-1-3-6(4-5)8(11)12;8-6-4-2-1-3-5(6)7(9)10/h2*2-3,10H,1H3,(H,11,12);2-4,9H,1H3,(H,10,11);2-5H,1H3,(H,9,10);1-4H,(H,9,10);1-4,8H,(H,9,10). The molecule has 25 heteroatoms. The molecule has 71 heavy (non-hydrogen) atoms. The number of aryl methyl sites for hydroxylation is 4. The molecule has 0 saturated heterocycles. The summed E-state index contributed by atoms with van der Waals surface area (Å²) in [6, 6.07) is 26.2. The molecule has 0 aliphatic rings. The van der Waals surface area contributed by atoms with Gasteiger partial charge in [0.15, 0.2) is 0 Å². The lowest BCUT2D eigenvalue weighted by Gasteiger charge is -2.01. The number of hydrogen-bond acceptors (Lipinski definition) is 16. The zero-order chi connectivity index (χ0) is 54.4. The van der Waals surface area contributed by atoms with E-state index in [2.05, 4.69) is 0 Å². The first-order valence-corrected chi connectivity index (χ1v) is 19.2. The Labute approximate surface area is 398 Å². The highest BCUT2D eigenvalue weighted by Crippen LogP contribution is 2.32. The van der Waals surface area contributed by atoms with Crippen LogP contribution in [0.25, 0.3) is 0 Å². The maximum atomic E-state index is 10.6. The van der Waals surface area contributed by atoms with Gasteiger partial charge >= 0.3 is 47.2 Å². The van der Waals surface area contributed by atoms with E-state index in [1.54, 1.807) is 43.3 Å². The summed E-state index contributed by atoms with van der Waals surface area (Å²) in [5.74, 6) is -8.63. The van der Waals surface area contributed by atoms with E-state index in [1.165, 1.54) is 74.5 Å². The van der Waals surface area contributed by atoms with Crippen molar-refractivity contribution in [2.24, 2.45) is 0 Å². The molecule has 0 heterocycles. The van der Waals surface area contributed by atoms with Crippen LogP contribution >= 0.6 is 0 Å². The summed E-state index contributed by atoms with van der Waals surface area (Å²) >= 11 is 0. The zero-order valence-electron chi connectivity index (χ0n) is 37.2. The second-order valence-electron chi connectivity index (χ2n) is 13.9. The van der Waals surface area contributed by atoms with Crippen LogP contribution in [0.2, 0.25) is 0 Å². The summed E-state index contributed by atoms with van der Waals surface area (Å²) in [7, 11) is 0. The number of nitro benzene ring substituents is 3. The van der Waals surface area contributed by atoms with Crippen LogP contribution in [0.15, 0.2) is 115 Å². The number of aromatic hydroxyl groups is 4. The van der Waals surface area contributed by atoms with Gasteiger partial charge in [0.25, 0.3) is 5.69 Å². The molecule has 6 aromatic rings. The van der Waals surface area contributed by atoms with E-state index in [1.807, 2.05) is 6.92 Å². The number of phenolic OH excluding ortho intramolecular Hbond substituents is 1. The monoisotopic (exact) mass is 987 g/mol. The van der Waals surface area contributed by atoms with E-state index in [-0.39, 0.29) is 33.9 Å². The molecule has 0 aliphatic carbocycles. The molecule has 6 aromatic carbocycles. The fraction of sp³-hybridized carbons (Fsp3) is 0.0870. The van der Waals surface area contributed by atoms with Gasteiger partial charge < -0.3 is 51.1 Å². The molecular weight excluding hydrogens is 947 g/mol. The van der Waals surface area contributed by atoms with Crippen LogP contribution in [0, 0.1) is 58.0 Å². The second-order valence-corrected chi connectivity index (χ2v) is 13.9. The highest BCUT2D eigenvalue weighted by atomic mass is 16.6. The first-order chi connectivity index (χ1) is 33.0. The van der Waals surface area contributed by atoms with Gasteiger partial charge in [-0.05, 0) is 105 Å². The number of rotatable bonds is 9. The summed E-state index contributed by atoms with van der Waals surface area (Å²) in [6.07, 6.45) is 0. The van der Waals surface area contributed by atoms with E-state index in [9.17, 15) is 69.3 Å². The maximum Gasteiger partial charge on any atom is 0.339 e. The van der Waals surface area contributed by atoms with E-state index < -0.39 is 84.6 Å². The largest absolute Gasteiger partial charge is 0.508 e. The van der Waals surface area contributed by atoms with Crippen LogP contribution in [-0.4, -0.2) is 102 Å². The number of benzene rings is 6. The smallest absolute Gasteiger partial charge is 0.339 e. The molecule has 6 rings (SSSR count). The van der Waals surface area contributed by atoms with Gasteiger partial charge in [-0.15, -0.1) is 0 Å². The van der Waals surface area contributed by atoms with Crippen molar-refractivity contribution in [2.75, 3.05) is 0 Å². The Kier molecular flexibility index (Phi) is 22.5. The van der Waals surface area contributed by atoms with Gasteiger partial charge in [0.1, 0.15) is 28.2 Å². The lowest BCUT2D eigenvalue weighted by atomic mass is 10.1. The summed E-state index contributed by atoms with van der Waals surface area (Å²) in [5, 5.41) is 118. The number of nitro groups is 3. The van der Waals surface area contributed by atoms with Gasteiger partial charge in [0.2, 0.25) is 11.5 Å². The van der Waals surface area contributed by atoms with Crippen LogP contribution in [-0.2, 0) is 0 Å². The first-order valence-electron chi connectivity index (χ1n) is 19.2. The number of carbonyl (C=O) groups is 6. The number of hydrogen-bond donors (Lipinski definition) is 10. The first kappa shape index (κ1) is 58.6. The van der Waals surface area contributed by atoms with Crippen molar-refractivity contribution < 1.29 is 94.6 Å². The van der Waals surface area contributed by atoms with Gasteiger partial charge in [-0.25, -0.2) is 28.8 Å². The Balaban J connectivity index is 0.000000428. The average molecular weight is 988 g/mol. The van der Waals surface area contributed by atoms with Crippen LogP contribution in [0.4, 0.5) is 17.1 Å². The minimum atomic E-state index is -1.39. The number of non-ortho nitro benzene ring substituents is 1. The number of para-hydroxylation sites is 1. The van der Waals surface area contributed by atoms with Crippen LogP contribution < -0.4 is 0 Å². The van der Waals surface area contributed by atoms with Gasteiger partial charge in [-0.2, -0.15) is 0 Å². The fourth-order valence-electron chi connectivity index (χ4n) is 5.02. The van der Waals surface area contributed by atoms with E-state index in [0.29, 0.717) is 22.3 Å². The molecule has 25 nitrogen and oxygen atoms in total. The maximum absolute atomic E-state index is 10.6. The Bertz CT molecular complexity index is 2790. The molecule has 10 N–H and O–H groups in total. The van der Waals surface area contributed by atoms with Crippen LogP contribution in [0.1, 0.15) is 84.4 Å². The lowest BCUT2D eigenvalue weighted by molar-refractivity contribution is -0.386. The molecule has 0 bridgehead atoms. The summed E-state index contributed by atoms with van der Waals surface area (Å²) < 4.78 is 0. The third-order valence-electron chi connectivity index (χ3n) is 8.50. The molecule has 0 aliphatic heterocycles. The predicted molar refractivity (Wildman–Crippen MR) is 246 cm³/mol. The Morgan fingerprint density at radius 2 is 0.789 bits per heavy atom. The molecule has 0 saturated carbocycles. The molecule has 372 valence electrons. The molecule has 0 radical (unpaired) electrons. The molecule has 0 fully saturated rings. The minimum absolute atomic E-state index is 0.0671. The molecule has 0 aromatic heterocycles. The Morgan fingerprint density at radius 1 is 0.380 bits per heavy atom. The van der Waals surface area contributed by atoms with E-state index in [0.717, 1.165) is 23.8 Å². The summed E-state index contributed by atoms with van der Waals surface area (Å²) in [6.45, 7) is 6.60. The van der Waals surface area contributed by atoms with Crippen molar-refractivity contribution in [3.8, 4) is 23.0 Å².